The molecule has 0 aliphatic carbocycles. The van der Waals surface area contributed by atoms with Crippen molar-refractivity contribution in [3.63, 3.8) is 0 Å². The molecule has 1 N–H and O–H groups in total. The normalized spacial score (nSPS) is 10.4. The zero-order valence-corrected chi connectivity index (χ0v) is 10.7. The zero-order chi connectivity index (χ0) is 15.6. The van der Waals surface area contributed by atoms with E-state index < -0.39 is 33.7 Å². The van der Waals surface area contributed by atoms with Gasteiger partial charge in [0, 0.05) is 7.05 Å². The highest BCUT2D eigenvalue weighted by Gasteiger charge is 2.22. The largest absolute Gasteiger partial charge is 0.345 e. The Balaban J connectivity index is 2.18. The lowest BCUT2D eigenvalue weighted by molar-refractivity contribution is -0.387. The van der Waals surface area contributed by atoms with Crippen molar-refractivity contribution in [2.75, 3.05) is 0 Å². The monoisotopic (exact) mass is 297 g/mol. The lowest BCUT2D eigenvalue weighted by atomic mass is 10.1. The molecule has 0 fully saturated rings. The Bertz CT molecular complexity index is 716. The number of carbonyl (C=O) groups excluding carboxylic acids is 1. The van der Waals surface area contributed by atoms with E-state index in [1.54, 1.807) is 7.05 Å². The van der Waals surface area contributed by atoms with Gasteiger partial charge in [0.1, 0.15) is 12.1 Å². The number of nitro groups is 1. The molecule has 2 aromatic rings. The highest BCUT2D eigenvalue weighted by atomic mass is 19.1. The first-order valence-corrected chi connectivity index (χ1v) is 5.64. The van der Waals surface area contributed by atoms with E-state index in [1.807, 2.05) is 0 Å². The number of nitrogens with one attached hydrogen (secondary N) is 1. The fourth-order valence-corrected chi connectivity index (χ4v) is 1.57. The van der Waals surface area contributed by atoms with Gasteiger partial charge in [0.05, 0.1) is 23.1 Å². The third-order valence-electron chi connectivity index (χ3n) is 2.69. The summed E-state index contributed by atoms with van der Waals surface area (Å²) in [6, 6.07) is 0.853. The van der Waals surface area contributed by atoms with Gasteiger partial charge in [-0.3, -0.25) is 14.9 Å². The van der Waals surface area contributed by atoms with Crippen molar-refractivity contribution in [2.24, 2.45) is 7.05 Å². The van der Waals surface area contributed by atoms with Crippen LogP contribution in [0.25, 0.3) is 0 Å². The van der Waals surface area contributed by atoms with Crippen LogP contribution in [0, 0.1) is 21.7 Å². The maximum Gasteiger partial charge on any atom is 0.307 e. The Kier molecular flexibility index (Phi) is 3.87. The summed E-state index contributed by atoms with van der Waals surface area (Å²) < 4.78 is 28.6. The first-order valence-electron chi connectivity index (χ1n) is 5.64. The van der Waals surface area contributed by atoms with E-state index in [0.29, 0.717) is 18.0 Å². The predicted octanol–water partition coefficient (Wildman–Crippen LogP) is 0.931. The van der Waals surface area contributed by atoms with Gasteiger partial charge in [-0.05, 0) is 6.07 Å². The number of nitro benzene ring substituents is 1. The van der Waals surface area contributed by atoms with E-state index in [0.717, 1.165) is 0 Å². The molecule has 21 heavy (non-hydrogen) atoms. The van der Waals surface area contributed by atoms with Crippen molar-refractivity contribution >= 4 is 11.6 Å². The van der Waals surface area contributed by atoms with Crippen molar-refractivity contribution < 1.29 is 18.5 Å². The van der Waals surface area contributed by atoms with Gasteiger partial charge >= 0.3 is 5.69 Å². The van der Waals surface area contributed by atoms with Gasteiger partial charge in [-0.1, -0.05) is 0 Å². The summed E-state index contributed by atoms with van der Waals surface area (Å²) in [5.41, 5.74) is -1.65. The molecular formula is C11H9F2N5O3. The van der Waals surface area contributed by atoms with E-state index in [4.69, 9.17) is 0 Å². The average molecular weight is 297 g/mol. The maximum absolute atomic E-state index is 13.6. The minimum Gasteiger partial charge on any atom is -0.345 e. The number of amides is 1. The van der Waals surface area contributed by atoms with Crippen LogP contribution in [0.4, 0.5) is 14.5 Å². The van der Waals surface area contributed by atoms with Crippen LogP contribution in [0.15, 0.2) is 18.5 Å². The van der Waals surface area contributed by atoms with E-state index in [9.17, 15) is 23.7 Å². The number of aromatic nitrogens is 3. The SMILES string of the molecule is Cn1cnnc1CNC(=O)c1cc(F)c([N+](=O)[O-])cc1F. The van der Waals surface area contributed by atoms with Crippen LogP contribution in [-0.2, 0) is 13.6 Å². The smallest absolute Gasteiger partial charge is 0.307 e. The van der Waals surface area contributed by atoms with Gasteiger partial charge < -0.3 is 9.88 Å². The number of halogens is 2. The molecular weight excluding hydrogens is 288 g/mol. The molecule has 0 bridgehead atoms. The van der Waals surface area contributed by atoms with Crippen LogP contribution in [0.1, 0.15) is 16.2 Å². The fourth-order valence-electron chi connectivity index (χ4n) is 1.57. The number of nitrogens with zero attached hydrogens (tertiary/aromatic N) is 4. The first-order chi connectivity index (χ1) is 9.90. The van der Waals surface area contributed by atoms with Gasteiger partial charge in [0.25, 0.3) is 5.91 Å². The van der Waals surface area contributed by atoms with Crippen LogP contribution in [0.2, 0.25) is 0 Å². The molecule has 0 saturated heterocycles. The second kappa shape index (κ2) is 5.61. The summed E-state index contributed by atoms with van der Waals surface area (Å²) in [7, 11) is 1.65. The first kappa shape index (κ1) is 14.5. The zero-order valence-electron chi connectivity index (χ0n) is 10.7. The van der Waals surface area contributed by atoms with Gasteiger partial charge in [-0.15, -0.1) is 10.2 Å². The molecule has 0 aliphatic heterocycles. The Hall–Kier alpha value is -2.91. The summed E-state index contributed by atoms with van der Waals surface area (Å²) in [5.74, 6) is -2.97. The van der Waals surface area contributed by atoms with E-state index >= 15 is 0 Å². The molecule has 1 aromatic carbocycles. The number of rotatable bonds is 4. The predicted molar refractivity (Wildman–Crippen MR) is 65.2 cm³/mol. The van der Waals surface area contributed by atoms with Crippen molar-refractivity contribution in [3.05, 3.63) is 51.6 Å². The second-order valence-electron chi connectivity index (χ2n) is 4.08. The summed E-state index contributed by atoms with van der Waals surface area (Å²) in [6.07, 6.45) is 1.41. The van der Waals surface area contributed by atoms with Crippen LogP contribution in [-0.4, -0.2) is 25.6 Å². The molecule has 0 radical (unpaired) electrons. The van der Waals surface area contributed by atoms with Crippen LogP contribution >= 0.6 is 0 Å². The Morgan fingerprint density at radius 1 is 1.43 bits per heavy atom. The van der Waals surface area contributed by atoms with Crippen LogP contribution in [0.5, 0.6) is 0 Å². The van der Waals surface area contributed by atoms with Crippen molar-refractivity contribution in [1.29, 1.82) is 0 Å². The number of hydrogen-bond donors (Lipinski definition) is 1. The molecule has 1 aromatic heterocycles. The van der Waals surface area contributed by atoms with Gasteiger partial charge in [-0.25, -0.2) is 4.39 Å². The quantitative estimate of drug-likeness (QED) is 0.668. The van der Waals surface area contributed by atoms with Crippen LogP contribution in [0.3, 0.4) is 0 Å². The second-order valence-corrected chi connectivity index (χ2v) is 4.08. The van der Waals surface area contributed by atoms with Crippen LogP contribution < -0.4 is 5.32 Å². The lowest BCUT2D eigenvalue weighted by Crippen LogP contribution is -2.25. The number of hydrogen-bond acceptors (Lipinski definition) is 5. The average Bonchev–Trinajstić information content (AvgIpc) is 2.83. The van der Waals surface area contributed by atoms with Gasteiger partial charge in [0.15, 0.2) is 5.82 Å². The third-order valence-corrected chi connectivity index (χ3v) is 2.69. The molecule has 2 rings (SSSR count). The number of aryl methyl sites for hydroxylation is 1. The molecule has 10 heteroatoms. The number of carbonyl (C=O) groups is 1. The minimum atomic E-state index is -1.29. The van der Waals surface area contributed by atoms with Gasteiger partial charge in [-0.2, -0.15) is 4.39 Å². The summed E-state index contributed by atoms with van der Waals surface area (Å²) in [5, 5.41) is 20.1. The topological polar surface area (TPSA) is 103 Å². The molecule has 0 aliphatic rings. The van der Waals surface area contributed by atoms with E-state index in [2.05, 4.69) is 15.5 Å². The lowest BCUT2D eigenvalue weighted by Gasteiger charge is -2.06. The molecule has 1 heterocycles. The molecule has 1 amide bonds. The van der Waals surface area contributed by atoms with E-state index in [1.165, 1.54) is 10.9 Å². The minimum absolute atomic E-state index is 0.0482. The Labute approximate surface area is 116 Å². The Morgan fingerprint density at radius 2 is 2.14 bits per heavy atom. The van der Waals surface area contributed by atoms with Crippen molar-refractivity contribution in [2.45, 2.75) is 6.54 Å². The molecule has 110 valence electrons. The standard InChI is InChI=1S/C11H9F2N5O3/c1-17-5-15-16-10(17)4-14-11(19)6-2-8(13)9(18(20)21)3-7(6)12/h2-3,5H,4H2,1H3,(H,14,19). The highest BCUT2D eigenvalue weighted by Crippen LogP contribution is 2.21. The summed E-state index contributed by atoms with van der Waals surface area (Å²) in [4.78, 5) is 21.1. The van der Waals surface area contributed by atoms with Crippen molar-refractivity contribution in [3.8, 4) is 0 Å². The maximum atomic E-state index is 13.6. The summed E-state index contributed by atoms with van der Waals surface area (Å²) in [6.45, 7) is -0.0482. The van der Waals surface area contributed by atoms with Crippen molar-refractivity contribution in [1.82, 2.24) is 20.1 Å². The molecule has 0 spiro atoms. The van der Waals surface area contributed by atoms with E-state index in [-0.39, 0.29) is 6.54 Å². The molecule has 8 nitrogen and oxygen atoms in total. The van der Waals surface area contributed by atoms with Gasteiger partial charge in [0.2, 0.25) is 5.82 Å². The third kappa shape index (κ3) is 2.99. The fraction of sp³-hybridized carbons (Fsp3) is 0.182. The molecule has 0 atom stereocenters. The number of benzene rings is 1. The molecule has 0 unspecified atom stereocenters. The molecule has 0 saturated carbocycles. The Morgan fingerprint density at radius 3 is 2.71 bits per heavy atom. The highest BCUT2D eigenvalue weighted by molar-refractivity contribution is 5.94. The summed E-state index contributed by atoms with van der Waals surface area (Å²) >= 11 is 0.